The Labute approximate surface area is 220 Å². The summed E-state index contributed by atoms with van der Waals surface area (Å²) in [7, 11) is 0. The van der Waals surface area contributed by atoms with Gasteiger partial charge in [0.2, 0.25) is 0 Å². The van der Waals surface area contributed by atoms with Crippen LogP contribution in [0.1, 0.15) is 25.0 Å². The molecule has 178 valence electrons. The zero-order chi connectivity index (χ0) is 24.7. The number of fused-ring (bicyclic) bond motifs is 7. The zero-order valence-electron chi connectivity index (χ0n) is 20.5. The van der Waals surface area contributed by atoms with Crippen LogP contribution >= 0.6 is 11.8 Å². The molecule has 2 aliphatic heterocycles. The number of nitrogens with zero attached hydrogens (tertiary/aromatic N) is 1. The van der Waals surface area contributed by atoms with Crippen molar-refractivity contribution < 1.29 is 9.47 Å². The Balaban J connectivity index is 1.29. The Hall–Kier alpha value is -4.15. The topological polar surface area (TPSA) is 21.7 Å². The van der Waals surface area contributed by atoms with Crippen LogP contribution in [0, 0.1) is 0 Å². The fourth-order valence-electron chi connectivity index (χ4n) is 5.92. The lowest BCUT2D eigenvalue weighted by molar-refractivity contribution is 0.360. The Bertz CT molecular complexity index is 1710. The highest BCUT2D eigenvalue weighted by Gasteiger charge is 2.38. The van der Waals surface area contributed by atoms with E-state index < -0.39 is 0 Å². The van der Waals surface area contributed by atoms with E-state index in [-0.39, 0.29) is 5.41 Å². The highest BCUT2D eigenvalue weighted by molar-refractivity contribution is 7.99. The molecule has 5 aromatic carbocycles. The maximum atomic E-state index is 6.74. The fraction of sp³-hybridized carbons (Fsp3) is 0.0909. The third-order valence-corrected chi connectivity index (χ3v) is 8.84. The molecule has 0 bridgehead atoms. The van der Waals surface area contributed by atoms with Gasteiger partial charge < -0.3 is 14.4 Å². The first kappa shape index (κ1) is 21.0. The molecule has 5 aromatic rings. The van der Waals surface area contributed by atoms with Gasteiger partial charge in [0.05, 0.1) is 17.1 Å². The summed E-state index contributed by atoms with van der Waals surface area (Å²) in [5.74, 6) is 2.97. The SMILES string of the molecule is CC1(C)c2ccccc2-c2cc3c(cc21)Oc1c(cccc1N1c2ccccc2Sc2ccccc21)O3. The summed E-state index contributed by atoms with van der Waals surface area (Å²) in [5, 5.41) is 0. The molecule has 0 saturated carbocycles. The summed E-state index contributed by atoms with van der Waals surface area (Å²) < 4.78 is 13.3. The number of anilines is 3. The third-order valence-electron chi connectivity index (χ3n) is 7.71. The maximum absolute atomic E-state index is 6.74. The van der Waals surface area contributed by atoms with Crippen LogP contribution in [0.2, 0.25) is 0 Å². The monoisotopic (exact) mass is 497 g/mol. The quantitative estimate of drug-likeness (QED) is 0.225. The second kappa shape index (κ2) is 7.44. The van der Waals surface area contributed by atoms with Crippen LogP contribution < -0.4 is 14.4 Å². The normalized spacial score (nSPS) is 15.2. The number of rotatable bonds is 1. The second-order valence-corrected chi connectivity index (χ2v) is 11.3. The van der Waals surface area contributed by atoms with Crippen molar-refractivity contribution in [1.82, 2.24) is 0 Å². The van der Waals surface area contributed by atoms with Gasteiger partial charge in [0.15, 0.2) is 23.0 Å². The minimum absolute atomic E-state index is 0.105. The van der Waals surface area contributed by atoms with Crippen LogP contribution in [-0.2, 0) is 5.41 Å². The molecule has 0 amide bonds. The third kappa shape index (κ3) is 2.90. The Morgan fingerprint density at radius 3 is 2.00 bits per heavy atom. The Kier molecular flexibility index (Phi) is 4.22. The molecule has 0 unspecified atom stereocenters. The Morgan fingerprint density at radius 2 is 1.22 bits per heavy atom. The molecular formula is C33H23NO2S. The predicted octanol–water partition coefficient (Wildman–Crippen LogP) is 9.83. The number of hydrogen-bond donors (Lipinski definition) is 0. The molecular weight excluding hydrogens is 474 g/mol. The van der Waals surface area contributed by atoms with Gasteiger partial charge in [-0.05, 0) is 70.8 Å². The van der Waals surface area contributed by atoms with E-state index in [1.165, 1.54) is 32.0 Å². The highest BCUT2D eigenvalue weighted by Crippen LogP contribution is 2.59. The van der Waals surface area contributed by atoms with E-state index in [4.69, 9.17) is 9.47 Å². The van der Waals surface area contributed by atoms with E-state index in [1.54, 1.807) is 11.8 Å². The van der Waals surface area contributed by atoms with Gasteiger partial charge in [-0.1, -0.05) is 80.2 Å². The molecule has 2 heterocycles. The summed E-state index contributed by atoms with van der Waals surface area (Å²) in [6.07, 6.45) is 0. The average molecular weight is 498 g/mol. The van der Waals surface area contributed by atoms with Gasteiger partial charge in [0, 0.05) is 15.2 Å². The van der Waals surface area contributed by atoms with Gasteiger partial charge >= 0.3 is 0 Å². The van der Waals surface area contributed by atoms with Crippen LogP contribution in [0.25, 0.3) is 11.1 Å². The van der Waals surface area contributed by atoms with E-state index in [0.717, 1.165) is 40.1 Å². The minimum Gasteiger partial charge on any atom is -0.449 e. The summed E-state index contributed by atoms with van der Waals surface area (Å²) in [6.45, 7) is 4.57. The molecule has 4 heteroatoms. The van der Waals surface area contributed by atoms with Crippen molar-refractivity contribution in [2.45, 2.75) is 29.1 Å². The summed E-state index contributed by atoms with van der Waals surface area (Å²) in [5.41, 5.74) is 8.23. The van der Waals surface area contributed by atoms with Crippen LogP contribution in [0.5, 0.6) is 23.0 Å². The molecule has 0 atom stereocenters. The van der Waals surface area contributed by atoms with Gasteiger partial charge in [0.25, 0.3) is 0 Å². The molecule has 8 rings (SSSR count). The molecule has 0 spiro atoms. The van der Waals surface area contributed by atoms with Crippen molar-refractivity contribution in [3.05, 3.63) is 114 Å². The molecule has 0 saturated heterocycles. The fourth-order valence-corrected chi connectivity index (χ4v) is 6.98. The van der Waals surface area contributed by atoms with E-state index in [1.807, 2.05) is 12.1 Å². The van der Waals surface area contributed by atoms with Crippen molar-refractivity contribution in [3.8, 4) is 34.1 Å². The lowest BCUT2D eigenvalue weighted by Crippen LogP contribution is -2.17. The van der Waals surface area contributed by atoms with E-state index in [2.05, 4.69) is 110 Å². The first-order valence-corrected chi connectivity index (χ1v) is 13.3. The van der Waals surface area contributed by atoms with Crippen LogP contribution in [0.15, 0.2) is 113 Å². The number of benzene rings is 5. The molecule has 0 radical (unpaired) electrons. The highest BCUT2D eigenvalue weighted by atomic mass is 32.2. The van der Waals surface area contributed by atoms with Gasteiger partial charge in [-0.25, -0.2) is 0 Å². The molecule has 3 nitrogen and oxygen atoms in total. The number of ether oxygens (including phenoxy) is 2. The molecule has 37 heavy (non-hydrogen) atoms. The summed E-state index contributed by atoms with van der Waals surface area (Å²) in [4.78, 5) is 4.73. The minimum atomic E-state index is -0.105. The second-order valence-electron chi connectivity index (χ2n) is 10.2. The lowest BCUT2D eigenvalue weighted by Gasteiger charge is -2.35. The lowest BCUT2D eigenvalue weighted by atomic mass is 9.82. The molecule has 0 aromatic heterocycles. The first-order chi connectivity index (χ1) is 18.1. The summed E-state index contributed by atoms with van der Waals surface area (Å²) in [6, 6.07) is 36.2. The van der Waals surface area contributed by atoms with Gasteiger partial charge in [0.1, 0.15) is 0 Å². The average Bonchev–Trinajstić information content (AvgIpc) is 3.15. The largest absolute Gasteiger partial charge is 0.449 e. The van der Waals surface area contributed by atoms with Gasteiger partial charge in [-0.2, -0.15) is 0 Å². The predicted molar refractivity (Wildman–Crippen MR) is 149 cm³/mol. The van der Waals surface area contributed by atoms with Crippen molar-refractivity contribution in [3.63, 3.8) is 0 Å². The van der Waals surface area contributed by atoms with Crippen LogP contribution in [-0.4, -0.2) is 0 Å². The number of hydrogen-bond acceptors (Lipinski definition) is 4. The maximum Gasteiger partial charge on any atom is 0.194 e. The van der Waals surface area contributed by atoms with Crippen molar-refractivity contribution >= 4 is 28.8 Å². The van der Waals surface area contributed by atoms with Gasteiger partial charge in [-0.3, -0.25) is 0 Å². The first-order valence-electron chi connectivity index (χ1n) is 12.5. The smallest absolute Gasteiger partial charge is 0.194 e. The van der Waals surface area contributed by atoms with Crippen molar-refractivity contribution in [2.75, 3.05) is 4.90 Å². The van der Waals surface area contributed by atoms with Crippen LogP contribution in [0.4, 0.5) is 17.1 Å². The molecule has 0 N–H and O–H groups in total. The molecule has 1 aliphatic carbocycles. The molecule has 3 aliphatic rings. The van der Waals surface area contributed by atoms with Crippen molar-refractivity contribution in [1.29, 1.82) is 0 Å². The van der Waals surface area contributed by atoms with E-state index in [0.29, 0.717) is 0 Å². The van der Waals surface area contributed by atoms with E-state index >= 15 is 0 Å². The zero-order valence-corrected chi connectivity index (χ0v) is 21.3. The Morgan fingerprint density at radius 1 is 0.568 bits per heavy atom. The molecule has 0 fully saturated rings. The standard InChI is InChI=1S/C33H23NO2S/c1-33(2)22-11-4-3-10-20(22)21-18-28-29(19-23(21)33)36-32-26(14-9-15-27(32)35-28)34-24-12-5-7-16-30(24)37-31-17-8-6-13-25(31)34/h3-19H,1-2H3. The van der Waals surface area contributed by atoms with Crippen molar-refractivity contribution in [2.24, 2.45) is 0 Å². The van der Waals surface area contributed by atoms with Gasteiger partial charge in [-0.15, -0.1) is 0 Å². The van der Waals surface area contributed by atoms with Crippen LogP contribution in [0.3, 0.4) is 0 Å². The van der Waals surface area contributed by atoms with E-state index in [9.17, 15) is 0 Å². The summed E-state index contributed by atoms with van der Waals surface area (Å²) >= 11 is 1.80. The number of para-hydroxylation sites is 3.